The normalized spacial score (nSPS) is 15.2. The van der Waals surface area contributed by atoms with Crippen molar-refractivity contribution < 1.29 is 9.21 Å². The van der Waals surface area contributed by atoms with E-state index in [1.54, 1.807) is 15.8 Å². The Morgan fingerprint density at radius 2 is 1.88 bits per heavy atom. The molecule has 158 valence electrons. The van der Waals surface area contributed by atoms with Crippen LogP contribution in [0.1, 0.15) is 34.3 Å². The summed E-state index contributed by atoms with van der Waals surface area (Å²) in [6.45, 7) is 0.793. The molecule has 7 heteroatoms. The van der Waals surface area contributed by atoms with Crippen molar-refractivity contribution in [2.24, 2.45) is 0 Å². The molecule has 32 heavy (non-hydrogen) atoms. The van der Waals surface area contributed by atoms with Crippen molar-refractivity contribution in [1.29, 1.82) is 5.26 Å². The predicted molar refractivity (Wildman–Crippen MR) is 119 cm³/mol. The van der Waals surface area contributed by atoms with Gasteiger partial charge in [-0.3, -0.25) is 9.48 Å². The number of furan rings is 1. The second-order valence-electron chi connectivity index (χ2n) is 7.58. The van der Waals surface area contributed by atoms with Crippen molar-refractivity contribution in [3.05, 3.63) is 96.1 Å². The van der Waals surface area contributed by atoms with Gasteiger partial charge in [0, 0.05) is 23.0 Å². The molecule has 0 unspecified atom stereocenters. The van der Waals surface area contributed by atoms with Gasteiger partial charge in [0.1, 0.15) is 11.9 Å². The summed E-state index contributed by atoms with van der Waals surface area (Å²) in [6, 6.07) is 23.2. The van der Waals surface area contributed by atoms with Crippen molar-refractivity contribution in [2.75, 3.05) is 5.32 Å². The molecule has 2 aromatic heterocycles. The van der Waals surface area contributed by atoms with Gasteiger partial charge in [0.2, 0.25) is 0 Å². The second kappa shape index (κ2) is 8.44. The van der Waals surface area contributed by atoms with Gasteiger partial charge in [-0.05, 0) is 24.3 Å². The van der Waals surface area contributed by atoms with Gasteiger partial charge in [0.15, 0.2) is 0 Å². The van der Waals surface area contributed by atoms with Crippen LogP contribution >= 0.6 is 0 Å². The number of aromatic nitrogens is 2. The smallest absolute Gasteiger partial charge is 0.258 e. The van der Waals surface area contributed by atoms with E-state index in [2.05, 4.69) is 11.4 Å². The van der Waals surface area contributed by atoms with Crippen molar-refractivity contribution in [2.45, 2.75) is 25.7 Å². The molecule has 4 aromatic rings. The van der Waals surface area contributed by atoms with E-state index in [4.69, 9.17) is 14.8 Å². The SMILES string of the molecule is N#CCCn1cc([C@H]2Nc3ccccc3C(=O)N2Cc2ccco2)c(-c2ccccc2)n1. The first kappa shape index (κ1) is 19.6. The lowest BCUT2D eigenvalue weighted by molar-refractivity contribution is 0.0652. The minimum Gasteiger partial charge on any atom is -0.467 e. The van der Waals surface area contributed by atoms with E-state index in [9.17, 15) is 4.79 Å². The molecule has 0 saturated carbocycles. The Balaban J connectivity index is 1.63. The van der Waals surface area contributed by atoms with E-state index in [0.717, 1.165) is 22.5 Å². The second-order valence-corrected chi connectivity index (χ2v) is 7.58. The van der Waals surface area contributed by atoms with Gasteiger partial charge in [-0.15, -0.1) is 0 Å². The van der Waals surface area contributed by atoms with Crippen LogP contribution < -0.4 is 5.32 Å². The average Bonchev–Trinajstić information content (AvgIpc) is 3.50. The van der Waals surface area contributed by atoms with Gasteiger partial charge < -0.3 is 14.6 Å². The summed E-state index contributed by atoms with van der Waals surface area (Å²) in [5.74, 6) is 0.618. The zero-order valence-corrected chi connectivity index (χ0v) is 17.3. The standard InChI is InChI=1S/C25H21N5O2/c26-13-7-14-29-17-21(23(28-29)18-8-2-1-3-9-18)24-27-22-12-5-4-11-20(22)25(31)30(24)16-19-10-6-15-32-19/h1-6,8-12,15,17,24,27H,7,14,16H2/t24-/m0/s1. The Morgan fingerprint density at radius 3 is 2.66 bits per heavy atom. The number of benzene rings is 2. The summed E-state index contributed by atoms with van der Waals surface area (Å²) >= 11 is 0. The highest BCUT2D eigenvalue weighted by molar-refractivity contribution is 6.01. The molecule has 0 fully saturated rings. The number of hydrogen-bond acceptors (Lipinski definition) is 5. The molecule has 3 heterocycles. The van der Waals surface area contributed by atoms with Gasteiger partial charge in [-0.1, -0.05) is 42.5 Å². The molecule has 5 rings (SSSR count). The molecule has 1 amide bonds. The average molecular weight is 423 g/mol. The zero-order valence-electron chi connectivity index (χ0n) is 17.3. The van der Waals surface area contributed by atoms with Crippen LogP contribution in [-0.2, 0) is 13.1 Å². The van der Waals surface area contributed by atoms with Crippen molar-refractivity contribution in [1.82, 2.24) is 14.7 Å². The molecule has 0 bridgehead atoms. The van der Waals surface area contributed by atoms with Crippen LogP contribution in [0.25, 0.3) is 11.3 Å². The summed E-state index contributed by atoms with van der Waals surface area (Å²) in [5, 5.41) is 17.3. The van der Waals surface area contributed by atoms with Gasteiger partial charge in [-0.2, -0.15) is 10.4 Å². The third kappa shape index (κ3) is 3.63. The molecular weight excluding hydrogens is 402 g/mol. The summed E-state index contributed by atoms with van der Waals surface area (Å²) in [6.07, 6.45) is 3.43. The number of para-hydroxylation sites is 1. The predicted octanol–water partition coefficient (Wildman–Crippen LogP) is 4.82. The number of anilines is 1. The lowest BCUT2D eigenvalue weighted by Gasteiger charge is -2.37. The summed E-state index contributed by atoms with van der Waals surface area (Å²) in [5.41, 5.74) is 3.99. The quantitative estimate of drug-likeness (QED) is 0.480. The van der Waals surface area contributed by atoms with Crippen LogP contribution in [-0.4, -0.2) is 20.6 Å². The summed E-state index contributed by atoms with van der Waals surface area (Å²) < 4.78 is 7.33. The zero-order chi connectivity index (χ0) is 21.9. The number of nitrogens with one attached hydrogen (secondary N) is 1. The fourth-order valence-corrected chi connectivity index (χ4v) is 4.01. The number of hydrogen-bond donors (Lipinski definition) is 1. The highest BCUT2D eigenvalue weighted by Crippen LogP contribution is 2.38. The number of amides is 1. The Labute approximate surface area is 185 Å². The van der Waals surface area contributed by atoms with E-state index < -0.39 is 6.17 Å². The van der Waals surface area contributed by atoms with E-state index in [0.29, 0.717) is 30.8 Å². The number of carbonyl (C=O) groups excluding carboxylic acids is 1. The minimum absolute atomic E-state index is 0.0791. The largest absolute Gasteiger partial charge is 0.467 e. The first-order valence-electron chi connectivity index (χ1n) is 10.4. The lowest BCUT2D eigenvalue weighted by Crippen LogP contribution is -2.42. The number of carbonyl (C=O) groups is 1. The molecule has 1 atom stereocenters. The Bertz CT molecular complexity index is 1270. The van der Waals surface area contributed by atoms with Crippen molar-refractivity contribution in [3.8, 4) is 17.3 Å². The number of nitriles is 1. The highest BCUT2D eigenvalue weighted by atomic mass is 16.3. The summed E-state index contributed by atoms with van der Waals surface area (Å²) in [7, 11) is 0. The first-order chi connectivity index (χ1) is 15.7. The van der Waals surface area contributed by atoms with E-state index >= 15 is 0 Å². The topological polar surface area (TPSA) is 87.1 Å². The van der Waals surface area contributed by atoms with Crippen molar-refractivity contribution in [3.63, 3.8) is 0 Å². The van der Waals surface area contributed by atoms with Crippen LogP contribution in [0.15, 0.2) is 83.6 Å². The van der Waals surface area contributed by atoms with Crippen molar-refractivity contribution >= 4 is 11.6 Å². The van der Waals surface area contributed by atoms with E-state index in [1.165, 1.54) is 0 Å². The molecule has 0 saturated heterocycles. The molecular formula is C25H21N5O2. The Kier molecular flexibility index (Phi) is 5.18. The maximum atomic E-state index is 13.5. The van der Waals surface area contributed by atoms with Gasteiger partial charge in [0.05, 0.1) is 43.1 Å². The van der Waals surface area contributed by atoms with Crippen LogP contribution in [0.3, 0.4) is 0 Å². The molecule has 2 aromatic carbocycles. The maximum absolute atomic E-state index is 13.5. The Morgan fingerprint density at radius 1 is 1.06 bits per heavy atom. The fraction of sp³-hybridized carbons (Fsp3) is 0.160. The first-order valence-corrected chi connectivity index (χ1v) is 10.4. The monoisotopic (exact) mass is 423 g/mol. The molecule has 0 radical (unpaired) electrons. The van der Waals surface area contributed by atoms with Crippen LogP contribution in [0, 0.1) is 11.3 Å². The molecule has 0 spiro atoms. The van der Waals surface area contributed by atoms with Crippen LogP contribution in [0.4, 0.5) is 5.69 Å². The number of nitrogens with zero attached hydrogens (tertiary/aromatic N) is 4. The Hall–Kier alpha value is -4.31. The third-order valence-electron chi connectivity index (χ3n) is 5.51. The fourth-order valence-electron chi connectivity index (χ4n) is 4.01. The minimum atomic E-state index is -0.450. The number of rotatable bonds is 6. The highest BCUT2D eigenvalue weighted by Gasteiger charge is 2.35. The summed E-state index contributed by atoms with van der Waals surface area (Å²) in [4.78, 5) is 15.3. The molecule has 1 aliphatic rings. The van der Waals surface area contributed by atoms with Crippen LogP contribution in [0.2, 0.25) is 0 Å². The molecule has 7 nitrogen and oxygen atoms in total. The van der Waals surface area contributed by atoms with Crippen LogP contribution in [0.5, 0.6) is 0 Å². The third-order valence-corrected chi connectivity index (χ3v) is 5.51. The maximum Gasteiger partial charge on any atom is 0.258 e. The van der Waals surface area contributed by atoms with Gasteiger partial charge >= 0.3 is 0 Å². The molecule has 1 N–H and O–H groups in total. The number of fused-ring (bicyclic) bond motifs is 1. The molecule has 1 aliphatic heterocycles. The van der Waals surface area contributed by atoms with Gasteiger partial charge in [-0.25, -0.2) is 0 Å². The number of aryl methyl sites for hydroxylation is 1. The van der Waals surface area contributed by atoms with E-state index in [1.807, 2.05) is 72.9 Å². The van der Waals surface area contributed by atoms with Gasteiger partial charge in [0.25, 0.3) is 5.91 Å². The lowest BCUT2D eigenvalue weighted by atomic mass is 10.0. The van der Waals surface area contributed by atoms with E-state index in [-0.39, 0.29) is 5.91 Å². The molecule has 0 aliphatic carbocycles.